The van der Waals surface area contributed by atoms with Crippen LogP contribution in [0.3, 0.4) is 0 Å². The molecule has 0 bridgehead atoms. The van der Waals surface area contributed by atoms with Gasteiger partial charge in [0.25, 0.3) is 0 Å². The Bertz CT molecular complexity index is 1050. The highest BCUT2D eigenvalue weighted by Crippen LogP contribution is 2.24. The zero-order chi connectivity index (χ0) is 17.2. The lowest BCUT2D eigenvalue weighted by molar-refractivity contribution is 0.342. The molecule has 4 rings (SSSR count). The molecule has 25 heavy (non-hydrogen) atoms. The monoisotopic (exact) mass is 354 g/mol. The summed E-state index contributed by atoms with van der Waals surface area (Å²) in [5.74, 6) is 1.58. The van der Waals surface area contributed by atoms with Gasteiger partial charge in [-0.25, -0.2) is 14.4 Å². The van der Waals surface area contributed by atoms with Crippen LogP contribution < -0.4 is 4.74 Å². The largest absolute Gasteiger partial charge is 0.493 e. The molecule has 0 radical (unpaired) electrons. The van der Waals surface area contributed by atoms with Gasteiger partial charge in [-0.1, -0.05) is 30.0 Å². The van der Waals surface area contributed by atoms with Gasteiger partial charge in [-0.05, 0) is 31.2 Å². The van der Waals surface area contributed by atoms with E-state index in [1.807, 2.05) is 31.2 Å². The Labute approximate surface area is 147 Å². The third-order valence-electron chi connectivity index (χ3n) is 3.63. The van der Waals surface area contributed by atoms with E-state index in [-0.39, 0.29) is 5.82 Å². The Morgan fingerprint density at radius 2 is 2.00 bits per heavy atom. The molecule has 2 heterocycles. The van der Waals surface area contributed by atoms with Gasteiger partial charge in [0.1, 0.15) is 17.4 Å². The normalized spacial score (nSPS) is 11.3. The molecular formula is C18H15FN4OS. The lowest BCUT2D eigenvalue weighted by Crippen LogP contribution is -2.03. The summed E-state index contributed by atoms with van der Waals surface area (Å²) >= 11 is 1.53. The lowest BCUT2D eigenvalue weighted by Gasteiger charge is -2.07. The molecular weight excluding hydrogens is 339 g/mol. The summed E-state index contributed by atoms with van der Waals surface area (Å²) in [5, 5.41) is 6.18. The summed E-state index contributed by atoms with van der Waals surface area (Å²) in [6.07, 6.45) is 0. The number of thioether (sulfide) groups is 1. The standard InChI is InChI=1S/C18H15FN4OS/c1-12-20-17-15-7-2-3-8-16(15)21-18(23(17)22-12)25-10-9-24-14-6-4-5-13(19)11-14/h2-8,11H,9-10H2,1H3. The molecule has 0 aliphatic rings. The van der Waals surface area contributed by atoms with Gasteiger partial charge in [0, 0.05) is 17.2 Å². The van der Waals surface area contributed by atoms with Crippen molar-refractivity contribution in [2.24, 2.45) is 0 Å². The molecule has 0 N–H and O–H groups in total. The number of aromatic nitrogens is 4. The van der Waals surface area contributed by atoms with Gasteiger partial charge in [-0.2, -0.15) is 4.52 Å². The van der Waals surface area contributed by atoms with Gasteiger partial charge < -0.3 is 4.74 Å². The Morgan fingerprint density at radius 1 is 1.12 bits per heavy atom. The molecule has 0 fully saturated rings. The van der Waals surface area contributed by atoms with Crippen LogP contribution in [0, 0.1) is 12.7 Å². The van der Waals surface area contributed by atoms with Crippen LogP contribution in [0.4, 0.5) is 4.39 Å². The molecule has 0 aliphatic heterocycles. The van der Waals surface area contributed by atoms with Crippen molar-refractivity contribution in [3.05, 3.63) is 60.2 Å². The number of fused-ring (bicyclic) bond motifs is 3. The maximum Gasteiger partial charge on any atom is 0.191 e. The van der Waals surface area contributed by atoms with E-state index in [0.29, 0.717) is 23.9 Å². The molecule has 0 saturated heterocycles. The van der Waals surface area contributed by atoms with E-state index in [2.05, 4.69) is 15.1 Å². The summed E-state index contributed by atoms with van der Waals surface area (Å²) < 4.78 is 20.5. The van der Waals surface area contributed by atoms with E-state index < -0.39 is 0 Å². The number of nitrogens with zero attached hydrogens (tertiary/aromatic N) is 4. The van der Waals surface area contributed by atoms with E-state index in [4.69, 9.17) is 4.74 Å². The molecule has 0 atom stereocenters. The molecule has 0 amide bonds. The predicted molar refractivity (Wildman–Crippen MR) is 95.6 cm³/mol. The SMILES string of the molecule is Cc1nc2c3ccccc3nc(SCCOc3cccc(F)c3)n2n1. The smallest absolute Gasteiger partial charge is 0.191 e. The second kappa shape index (κ2) is 6.68. The van der Waals surface area contributed by atoms with Crippen LogP contribution >= 0.6 is 11.8 Å². The predicted octanol–water partition coefficient (Wildman–Crippen LogP) is 3.90. The van der Waals surface area contributed by atoms with Crippen LogP contribution in [0.5, 0.6) is 5.75 Å². The number of para-hydroxylation sites is 1. The van der Waals surface area contributed by atoms with Crippen LogP contribution in [-0.4, -0.2) is 31.9 Å². The molecule has 2 aromatic heterocycles. The second-order valence-corrected chi connectivity index (χ2v) is 6.52. The van der Waals surface area contributed by atoms with E-state index in [0.717, 1.165) is 21.7 Å². The molecule has 126 valence electrons. The summed E-state index contributed by atoms with van der Waals surface area (Å²) in [5.41, 5.74) is 1.69. The molecule has 0 unspecified atom stereocenters. The Morgan fingerprint density at radius 3 is 2.88 bits per heavy atom. The van der Waals surface area contributed by atoms with E-state index in [1.165, 1.54) is 23.9 Å². The van der Waals surface area contributed by atoms with Crippen LogP contribution in [0.15, 0.2) is 53.7 Å². The summed E-state index contributed by atoms with van der Waals surface area (Å²) in [6.45, 7) is 2.31. The van der Waals surface area contributed by atoms with E-state index >= 15 is 0 Å². The molecule has 0 spiro atoms. The minimum absolute atomic E-state index is 0.304. The van der Waals surface area contributed by atoms with Crippen molar-refractivity contribution in [1.82, 2.24) is 19.6 Å². The summed E-state index contributed by atoms with van der Waals surface area (Å²) in [4.78, 5) is 9.20. The number of hydrogen-bond acceptors (Lipinski definition) is 5. The minimum atomic E-state index is -0.304. The molecule has 2 aromatic carbocycles. The average molecular weight is 354 g/mol. The first-order valence-electron chi connectivity index (χ1n) is 7.84. The zero-order valence-electron chi connectivity index (χ0n) is 13.5. The highest BCUT2D eigenvalue weighted by molar-refractivity contribution is 7.99. The molecule has 5 nitrogen and oxygen atoms in total. The minimum Gasteiger partial charge on any atom is -0.493 e. The van der Waals surface area contributed by atoms with Gasteiger partial charge in [0.15, 0.2) is 10.8 Å². The molecule has 0 saturated carbocycles. The number of halogens is 1. The first kappa shape index (κ1) is 15.8. The van der Waals surface area contributed by atoms with Crippen molar-refractivity contribution in [3.63, 3.8) is 0 Å². The molecule has 4 aromatic rings. The van der Waals surface area contributed by atoms with Gasteiger partial charge in [0.05, 0.1) is 12.1 Å². The summed E-state index contributed by atoms with van der Waals surface area (Å²) in [6, 6.07) is 14.0. The quantitative estimate of drug-likeness (QED) is 0.309. The maximum atomic E-state index is 13.2. The average Bonchev–Trinajstić information content (AvgIpc) is 3.01. The van der Waals surface area contributed by atoms with Crippen molar-refractivity contribution >= 4 is 28.3 Å². The van der Waals surface area contributed by atoms with Crippen molar-refractivity contribution in [2.45, 2.75) is 12.1 Å². The van der Waals surface area contributed by atoms with Crippen molar-refractivity contribution in [1.29, 1.82) is 0 Å². The number of benzene rings is 2. The third kappa shape index (κ3) is 3.28. The van der Waals surface area contributed by atoms with Crippen LogP contribution in [0.25, 0.3) is 16.6 Å². The fourth-order valence-corrected chi connectivity index (χ4v) is 3.34. The highest BCUT2D eigenvalue weighted by atomic mass is 32.2. The fourth-order valence-electron chi connectivity index (χ4n) is 2.58. The summed E-state index contributed by atoms with van der Waals surface area (Å²) in [7, 11) is 0. The Kier molecular flexibility index (Phi) is 4.23. The van der Waals surface area contributed by atoms with Gasteiger partial charge in [-0.3, -0.25) is 0 Å². The third-order valence-corrected chi connectivity index (χ3v) is 4.53. The van der Waals surface area contributed by atoms with Crippen LogP contribution in [0.1, 0.15) is 5.82 Å². The van der Waals surface area contributed by atoms with E-state index in [1.54, 1.807) is 16.6 Å². The maximum absolute atomic E-state index is 13.2. The van der Waals surface area contributed by atoms with Gasteiger partial charge in [-0.15, -0.1) is 5.10 Å². The molecule has 0 aliphatic carbocycles. The van der Waals surface area contributed by atoms with Crippen LogP contribution in [0.2, 0.25) is 0 Å². The highest BCUT2D eigenvalue weighted by Gasteiger charge is 2.12. The molecule has 7 heteroatoms. The topological polar surface area (TPSA) is 52.3 Å². The zero-order valence-corrected chi connectivity index (χ0v) is 14.3. The number of hydrogen-bond donors (Lipinski definition) is 0. The first-order valence-corrected chi connectivity index (χ1v) is 8.82. The van der Waals surface area contributed by atoms with Crippen LogP contribution in [-0.2, 0) is 0 Å². The Hall–Kier alpha value is -2.67. The van der Waals surface area contributed by atoms with Crippen molar-refractivity contribution in [3.8, 4) is 5.75 Å². The second-order valence-electron chi connectivity index (χ2n) is 5.46. The lowest BCUT2D eigenvalue weighted by atomic mass is 10.2. The van der Waals surface area contributed by atoms with Crippen molar-refractivity contribution in [2.75, 3.05) is 12.4 Å². The van der Waals surface area contributed by atoms with Gasteiger partial charge >= 0.3 is 0 Å². The number of rotatable bonds is 5. The fraction of sp³-hybridized carbons (Fsp3) is 0.167. The van der Waals surface area contributed by atoms with Gasteiger partial charge in [0.2, 0.25) is 0 Å². The van der Waals surface area contributed by atoms with E-state index in [9.17, 15) is 4.39 Å². The number of ether oxygens (including phenoxy) is 1. The van der Waals surface area contributed by atoms with Crippen molar-refractivity contribution < 1.29 is 9.13 Å². The first-order chi connectivity index (χ1) is 12.2. The Balaban J connectivity index is 1.54. The number of aryl methyl sites for hydroxylation is 1.